The maximum absolute atomic E-state index is 12.1. The van der Waals surface area contributed by atoms with E-state index < -0.39 is 0 Å². The topological polar surface area (TPSA) is 68.8 Å². The molecule has 130 valence electrons. The fourth-order valence-corrected chi connectivity index (χ4v) is 3.75. The molecule has 1 amide bonds. The molecule has 0 aromatic heterocycles. The number of amides is 1. The molecule has 0 radical (unpaired) electrons. The molecule has 3 rings (SSSR count). The molecule has 0 aromatic carbocycles. The number of nitrogens with one attached hydrogen (secondary N) is 3. The highest BCUT2D eigenvalue weighted by Crippen LogP contribution is 2.29. The van der Waals surface area contributed by atoms with Crippen molar-refractivity contribution in [2.45, 2.75) is 69.5 Å². The SMILES string of the molecule is CN=C(NCC(=O)NC1CCCCC1)NC1CCN(C2CC2)C1. The summed E-state index contributed by atoms with van der Waals surface area (Å²) >= 11 is 0. The van der Waals surface area contributed by atoms with E-state index in [1.165, 1.54) is 38.6 Å². The minimum atomic E-state index is 0.0749. The third kappa shape index (κ3) is 5.09. The van der Waals surface area contributed by atoms with E-state index in [4.69, 9.17) is 0 Å². The zero-order valence-corrected chi connectivity index (χ0v) is 14.3. The Labute approximate surface area is 139 Å². The normalized spacial score (nSPS) is 27.0. The molecule has 6 heteroatoms. The highest BCUT2D eigenvalue weighted by atomic mass is 16.2. The van der Waals surface area contributed by atoms with E-state index in [0.717, 1.165) is 37.8 Å². The molecule has 1 saturated heterocycles. The van der Waals surface area contributed by atoms with Gasteiger partial charge in [-0.2, -0.15) is 0 Å². The maximum atomic E-state index is 12.1. The van der Waals surface area contributed by atoms with Gasteiger partial charge in [0.05, 0.1) is 6.54 Å². The molecule has 0 spiro atoms. The van der Waals surface area contributed by atoms with Gasteiger partial charge in [0.25, 0.3) is 0 Å². The molecule has 1 heterocycles. The third-order valence-electron chi connectivity index (χ3n) is 5.23. The van der Waals surface area contributed by atoms with Crippen LogP contribution in [0.3, 0.4) is 0 Å². The van der Waals surface area contributed by atoms with Gasteiger partial charge in [-0.05, 0) is 32.1 Å². The number of hydrogen-bond acceptors (Lipinski definition) is 3. The molecule has 0 aromatic rings. The van der Waals surface area contributed by atoms with Crippen molar-refractivity contribution in [1.29, 1.82) is 0 Å². The Kier molecular flexibility index (Phi) is 5.75. The molecule has 3 N–H and O–H groups in total. The van der Waals surface area contributed by atoms with Gasteiger partial charge < -0.3 is 16.0 Å². The molecular weight excluding hydrogens is 290 g/mol. The van der Waals surface area contributed by atoms with Gasteiger partial charge in [0.2, 0.25) is 5.91 Å². The quantitative estimate of drug-likeness (QED) is 0.518. The Morgan fingerprint density at radius 3 is 2.52 bits per heavy atom. The van der Waals surface area contributed by atoms with Crippen LogP contribution in [0.15, 0.2) is 4.99 Å². The average molecular weight is 321 g/mol. The second-order valence-electron chi connectivity index (χ2n) is 7.18. The first kappa shape index (κ1) is 16.6. The van der Waals surface area contributed by atoms with Gasteiger partial charge in [0.1, 0.15) is 0 Å². The number of hydrogen-bond donors (Lipinski definition) is 3. The van der Waals surface area contributed by atoms with Crippen LogP contribution in [0.2, 0.25) is 0 Å². The lowest BCUT2D eigenvalue weighted by Crippen LogP contribution is -2.49. The molecule has 2 aliphatic carbocycles. The van der Waals surface area contributed by atoms with Crippen LogP contribution < -0.4 is 16.0 Å². The lowest BCUT2D eigenvalue weighted by molar-refractivity contribution is -0.120. The second-order valence-corrected chi connectivity index (χ2v) is 7.18. The first-order valence-electron chi connectivity index (χ1n) is 9.25. The summed E-state index contributed by atoms with van der Waals surface area (Å²) in [4.78, 5) is 18.9. The largest absolute Gasteiger partial charge is 0.352 e. The van der Waals surface area contributed by atoms with Crippen molar-refractivity contribution >= 4 is 11.9 Å². The van der Waals surface area contributed by atoms with Crippen LogP contribution in [-0.4, -0.2) is 61.6 Å². The predicted molar refractivity (Wildman–Crippen MR) is 92.5 cm³/mol. The number of carbonyl (C=O) groups is 1. The van der Waals surface area contributed by atoms with Crippen LogP contribution in [0.1, 0.15) is 51.4 Å². The molecule has 6 nitrogen and oxygen atoms in total. The standard InChI is InChI=1S/C17H31N5O/c1-18-17(21-14-9-10-22(12-14)15-7-8-15)19-11-16(23)20-13-5-3-2-4-6-13/h13-15H,2-12H2,1H3,(H,20,23)(H2,18,19,21). The number of guanidine groups is 1. The minimum absolute atomic E-state index is 0.0749. The lowest BCUT2D eigenvalue weighted by atomic mass is 9.95. The number of aliphatic imine (C=N–C) groups is 1. The van der Waals surface area contributed by atoms with E-state index in [2.05, 4.69) is 25.8 Å². The lowest BCUT2D eigenvalue weighted by Gasteiger charge is -2.23. The zero-order valence-electron chi connectivity index (χ0n) is 14.3. The first-order chi connectivity index (χ1) is 11.2. The Bertz CT molecular complexity index is 429. The van der Waals surface area contributed by atoms with E-state index in [1.807, 2.05) is 0 Å². The van der Waals surface area contributed by atoms with Crippen LogP contribution in [-0.2, 0) is 4.79 Å². The van der Waals surface area contributed by atoms with E-state index >= 15 is 0 Å². The molecule has 1 aliphatic heterocycles. The molecule has 1 unspecified atom stereocenters. The van der Waals surface area contributed by atoms with Crippen LogP contribution >= 0.6 is 0 Å². The smallest absolute Gasteiger partial charge is 0.239 e. The molecule has 3 aliphatic rings. The summed E-state index contributed by atoms with van der Waals surface area (Å²) in [7, 11) is 1.77. The molecule has 1 atom stereocenters. The van der Waals surface area contributed by atoms with E-state index in [1.54, 1.807) is 7.05 Å². The van der Waals surface area contributed by atoms with Crippen LogP contribution in [0, 0.1) is 0 Å². The van der Waals surface area contributed by atoms with Gasteiger partial charge in [-0.15, -0.1) is 0 Å². The number of rotatable bonds is 5. The van der Waals surface area contributed by atoms with E-state index in [9.17, 15) is 4.79 Å². The van der Waals surface area contributed by atoms with Crippen molar-refractivity contribution in [2.24, 2.45) is 4.99 Å². The number of likely N-dealkylation sites (tertiary alicyclic amines) is 1. The van der Waals surface area contributed by atoms with E-state index in [-0.39, 0.29) is 5.91 Å². The maximum Gasteiger partial charge on any atom is 0.239 e. The highest BCUT2D eigenvalue weighted by Gasteiger charge is 2.34. The summed E-state index contributed by atoms with van der Waals surface area (Å²) in [6.45, 7) is 2.58. The van der Waals surface area contributed by atoms with Crippen molar-refractivity contribution in [1.82, 2.24) is 20.9 Å². The zero-order chi connectivity index (χ0) is 16.1. The van der Waals surface area contributed by atoms with Crippen molar-refractivity contribution < 1.29 is 4.79 Å². The fraction of sp³-hybridized carbons (Fsp3) is 0.882. The molecule has 2 saturated carbocycles. The summed E-state index contributed by atoms with van der Waals surface area (Å²) in [6, 6.07) is 1.65. The van der Waals surface area contributed by atoms with Crippen molar-refractivity contribution in [2.75, 3.05) is 26.7 Å². The van der Waals surface area contributed by atoms with Crippen molar-refractivity contribution in [3.8, 4) is 0 Å². The summed E-state index contributed by atoms with van der Waals surface area (Å²) in [5.74, 6) is 0.817. The second kappa shape index (κ2) is 7.99. The van der Waals surface area contributed by atoms with Gasteiger partial charge in [0.15, 0.2) is 5.96 Å². The summed E-state index contributed by atoms with van der Waals surface area (Å²) in [5.41, 5.74) is 0. The Morgan fingerprint density at radius 2 is 1.83 bits per heavy atom. The Hall–Kier alpha value is -1.30. The van der Waals surface area contributed by atoms with Gasteiger partial charge in [-0.3, -0.25) is 14.7 Å². The van der Waals surface area contributed by atoms with E-state index in [0.29, 0.717) is 18.6 Å². The molecule has 0 bridgehead atoms. The van der Waals surface area contributed by atoms with Gasteiger partial charge in [-0.1, -0.05) is 19.3 Å². The summed E-state index contributed by atoms with van der Waals surface area (Å²) in [5, 5.41) is 9.74. The highest BCUT2D eigenvalue weighted by molar-refractivity contribution is 5.86. The Balaban J connectivity index is 1.35. The average Bonchev–Trinajstić information content (AvgIpc) is 3.32. The van der Waals surface area contributed by atoms with Crippen LogP contribution in [0.4, 0.5) is 0 Å². The van der Waals surface area contributed by atoms with Crippen LogP contribution in [0.25, 0.3) is 0 Å². The number of nitrogens with zero attached hydrogens (tertiary/aromatic N) is 2. The van der Waals surface area contributed by atoms with Crippen molar-refractivity contribution in [3.05, 3.63) is 0 Å². The van der Waals surface area contributed by atoms with Crippen LogP contribution in [0.5, 0.6) is 0 Å². The fourth-order valence-electron chi connectivity index (χ4n) is 3.75. The molecular formula is C17H31N5O. The number of carbonyl (C=O) groups excluding carboxylic acids is 1. The molecule has 3 fully saturated rings. The van der Waals surface area contributed by atoms with Gasteiger partial charge >= 0.3 is 0 Å². The van der Waals surface area contributed by atoms with Crippen molar-refractivity contribution in [3.63, 3.8) is 0 Å². The van der Waals surface area contributed by atoms with Gasteiger partial charge in [0, 0.05) is 38.3 Å². The monoisotopic (exact) mass is 321 g/mol. The van der Waals surface area contributed by atoms with Gasteiger partial charge in [-0.25, -0.2) is 0 Å². The summed E-state index contributed by atoms with van der Waals surface area (Å²) < 4.78 is 0. The first-order valence-corrected chi connectivity index (χ1v) is 9.25. The summed E-state index contributed by atoms with van der Waals surface area (Å²) in [6.07, 6.45) is 9.91. The minimum Gasteiger partial charge on any atom is -0.352 e. The Morgan fingerprint density at radius 1 is 1.04 bits per heavy atom. The molecule has 23 heavy (non-hydrogen) atoms. The predicted octanol–water partition coefficient (Wildman–Crippen LogP) is 0.837. The third-order valence-corrected chi connectivity index (χ3v) is 5.23.